The number of halogens is 1. The van der Waals surface area contributed by atoms with Gasteiger partial charge in [-0.25, -0.2) is 9.07 Å². The Hall–Kier alpha value is -4.57. The first-order valence-corrected chi connectivity index (χ1v) is 11.0. The molecule has 0 fully saturated rings. The van der Waals surface area contributed by atoms with Gasteiger partial charge in [0.2, 0.25) is 0 Å². The molecule has 0 amide bonds. The second-order valence-corrected chi connectivity index (χ2v) is 7.87. The van der Waals surface area contributed by atoms with Crippen LogP contribution in [0.3, 0.4) is 0 Å². The number of benzene rings is 4. The van der Waals surface area contributed by atoms with E-state index >= 15 is 0 Å². The summed E-state index contributed by atoms with van der Waals surface area (Å²) in [4.78, 5) is 13.3. The molecule has 4 heteroatoms. The van der Waals surface area contributed by atoms with Crippen molar-refractivity contribution in [1.29, 1.82) is 0 Å². The van der Waals surface area contributed by atoms with Crippen LogP contribution in [0.15, 0.2) is 121 Å². The Morgan fingerprint density at radius 3 is 2.15 bits per heavy atom. The van der Waals surface area contributed by atoms with E-state index in [9.17, 15) is 9.18 Å². The van der Waals surface area contributed by atoms with Crippen molar-refractivity contribution in [2.24, 2.45) is 0 Å². The second-order valence-electron chi connectivity index (χ2n) is 7.87. The summed E-state index contributed by atoms with van der Waals surface area (Å²) in [5.74, 6) is -0.510. The molecule has 5 aromatic rings. The zero-order valence-corrected chi connectivity index (χ0v) is 18.3. The Balaban J connectivity index is 1.49. The number of hydrogen-bond donors (Lipinski definition) is 0. The van der Waals surface area contributed by atoms with Crippen LogP contribution in [0, 0.1) is 5.82 Å². The molecular weight excluding hydrogens is 423 g/mol. The van der Waals surface area contributed by atoms with E-state index in [4.69, 9.17) is 0 Å². The number of nitrogens with zero attached hydrogens (tertiary/aromatic N) is 2. The van der Waals surface area contributed by atoms with E-state index in [0.717, 1.165) is 22.4 Å². The zero-order valence-electron chi connectivity index (χ0n) is 18.3. The first-order chi connectivity index (χ1) is 16.7. The van der Waals surface area contributed by atoms with Crippen molar-refractivity contribution in [3.05, 3.63) is 138 Å². The molecule has 0 aliphatic heterocycles. The van der Waals surface area contributed by atoms with E-state index in [0.29, 0.717) is 16.8 Å². The van der Waals surface area contributed by atoms with E-state index in [-0.39, 0.29) is 11.6 Å². The first kappa shape index (κ1) is 21.3. The van der Waals surface area contributed by atoms with Crippen molar-refractivity contribution < 1.29 is 9.18 Å². The highest BCUT2D eigenvalue weighted by atomic mass is 19.1. The molecule has 3 nitrogen and oxygen atoms in total. The molecule has 0 radical (unpaired) electrons. The third-order valence-electron chi connectivity index (χ3n) is 5.54. The Labute approximate surface area is 197 Å². The van der Waals surface area contributed by atoms with Gasteiger partial charge >= 0.3 is 0 Å². The van der Waals surface area contributed by atoms with Gasteiger partial charge in [0.15, 0.2) is 5.78 Å². The smallest absolute Gasteiger partial charge is 0.189 e. The molecule has 0 spiro atoms. The molecule has 1 heterocycles. The molecule has 0 saturated carbocycles. The molecule has 0 bridgehead atoms. The van der Waals surface area contributed by atoms with Gasteiger partial charge in [-0.3, -0.25) is 4.79 Å². The Morgan fingerprint density at radius 2 is 1.41 bits per heavy atom. The number of ketones is 1. The lowest BCUT2D eigenvalue weighted by Gasteiger charge is -2.03. The second kappa shape index (κ2) is 9.51. The van der Waals surface area contributed by atoms with Crippen molar-refractivity contribution in [2.75, 3.05) is 0 Å². The van der Waals surface area contributed by atoms with Gasteiger partial charge in [0.1, 0.15) is 11.5 Å². The summed E-state index contributed by atoms with van der Waals surface area (Å²) in [6, 6.07) is 33.7. The van der Waals surface area contributed by atoms with E-state index < -0.39 is 0 Å². The van der Waals surface area contributed by atoms with Gasteiger partial charge in [-0.05, 0) is 65.2 Å². The average molecular weight is 445 g/mol. The van der Waals surface area contributed by atoms with Crippen LogP contribution >= 0.6 is 0 Å². The zero-order chi connectivity index (χ0) is 23.3. The van der Waals surface area contributed by atoms with Crippen LogP contribution in [0.25, 0.3) is 34.1 Å². The lowest BCUT2D eigenvalue weighted by molar-refractivity contribution is 0.104. The SMILES string of the molecule is O=C(/C=C\c1cccc(-c2ccccc2)c1)c1cn(-c2ccccc2)nc1-c1ccc(F)cc1. The van der Waals surface area contributed by atoms with Gasteiger partial charge in [-0.2, -0.15) is 5.10 Å². The molecule has 0 N–H and O–H groups in total. The lowest BCUT2D eigenvalue weighted by Crippen LogP contribution is -1.95. The Bertz CT molecular complexity index is 1450. The number of aromatic nitrogens is 2. The normalized spacial score (nSPS) is 11.1. The summed E-state index contributed by atoms with van der Waals surface area (Å²) in [7, 11) is 0. The van der Waals surface area contributed by atoms with Crippen LogP contribution in [-0.2, 0) is 0 Å². The van der Waals surface area contributed by atoms with Crippen LogP contribution < -0.4 is 0 Å². The van der Waals surface area contributed by atoms with Crippen molar-refractivity contribution in [3.63, 3.8) is 0 Å². The predicted molar refractivity (Wildman–Crippen MR) is 134 cm³/mol. The fraction of sp³-hybridized carbons (Fsp3) is 0. The number of carbonyl (C=O) groups is 1. The quantitative estimate of drug-likeness (QED) is 0.204. The third kappa shape index (κ3) is 4.62. The van der Waals surface area contributed by atoms with Crippen molar-refractivity contribution in [1.82, 2.24) is 9.78 Å². The monoisotopic (exact) mass is 444 g/mol. The number of rotatable bonds is 6. The number of hydrogen-bond acceptors (Lipinski definition) is 2. The van der Waals surface area contributed by atoms with Gasteiger partial charge in [-0.1, -0.05) is 72.8 Å². The maximum absolute atomic E-state index is 13.5. The van der Waals surface area contributed by atoms with Crippen LogP contribution in [0.4, 0.5) is 4.39 Å². The average Bonchev–Trinajstić information content (AvgIpc) is 3.35. The number of para-hydroxylation sites is 1. The Morgan fingerprint density at radius 1 is 0.735 bits per heavy atom. The van der Waals surface area contributed by atoms with E-state index in [1.54, 1.807) is 29.1 Å². The molecule has 5 rings (SSSR count). The van der Waals surface area contributed by atoms with Crippen LogP contribution in [0.1, 0.15) is 15.9 Å². The van der Waals surface area contributed by atoms with Gasteiger partial charge in [0.25, 0.3) is 0 Å². The standard InChI is InChI=1S/C30H21FN2O/c31-26-17-15-24(16-18-26)30-28(21-33(32-30)27-12-5-2-6-13-27)29(34)19-14-22-8-7-11-25(20-22)23-9-3-1-4-10-23/h1-21H/b19-14-. The summed E-state index contributed by atoms with van der Waals surface area (Å²) in [6.45, 7) is 0. The minimum absolute atomic E-state index is 0.174. The van der Waals surface area contributed by atoms with E-state index in [1.165, 1.54) is 12.1 Å². The van der Waals surface area contributed by atoms with Crippen LogP contribution in [0.2, 0.25) is 0 Å². The first-order valence-electron chi connectivity index (χ1n) is 11.0. The number of allylic oxidation sites excluding steroid dienone is 1. The fourth-order valence-electron chi connectivity index (χ4n) is 3.80. The minimum Gasteiger partial charge on any atom is -0.289 e. The van der Waals surface area contributed by atoms with Gasteiger partial charge in [0, 0.05) is 11.8 Å². The van der Waals surface area contributed by atoms with Crippen LogP contribution in [0.5, 0.6) is 0 Å². The summed E-state index contributed by atoms with van der Waals surface area (Å²) < 4.78 is 15.2. The molecule has 4 aromatic carbocycles. The molecule has 1 aromatic heterocycles. The largest absolute Gasteiger partial charge is 0.289 e. The van der Waals surface area contributed by atoms with Crippen LogP contribution in [-0.4, -0.2) is 15.6 Å². The molecule has 0 saturated heterocycles. The van der Waals surface area contributed by atoms with E-state index in [2.05, 4.69) is 17.2 Å². The highest BCUT2D eigenvalue weighted by Gasteiger charge is 2.17. The molecule has 0 atom stereocenters. The highest BCUT2D eigenvalue weighted by Crippen LogP contribution is 2.26. The van der Waals surface area contributed by atoms with Crippen molar-refractivity contribution >= 4 is 11.9 Å². The lowest BCUT2D eigenvalue weighted by atomic mass is 10.0. The molecule has 0 aliphatic rings. The summed E-state index contributed by atoms with van der Waals surface area (Å²) >= 11 is 0. The summed E-state index contributed by atoms with van der Waals surface area (Å²) in [6.07, 6.45) is 5.09. The Kier molecular flexibility index (Phi) is 5.95. The minimum atomic E-state index is -0.336. The third-order valence-corrected chi connectivity index (χ3v) is 5.54. The molecule has 0 unspecified atom stereocenters. The number of carbonyl (C=O) groups excluding carboxylic acids is 1. The molecule has 34 heavy (non-hydrogen) atoms. The predicted octanol–water partition coefficient (Wildman–Crippen LogP) is 7.24. The van der Waals surface area contributed by atoms with Gasteiger partial charge < -0.3 is 0 Å². The highest BCUT2D eigenvalue weighted by molar-refractivity contribution is 6.10. The van der Waals surface area contributed by atoms with Crippen molar-refractivity contribution in [3.8, 4) is 28.1 Å². The molecule has 0 aliphatic carbocycles. The molecule has 164 valence electrons. The van der Waals surface area contributed by atoms with Gasteiger partial charge in [0.05, 0.1) is 11.3 Å². The van der Waals surface area contributed by atoms with Gasteiger partial charge in [-0.15, -0.1) is 0 Å². The maximum atomic E-state index is 13.5. The summed E-state index contributed by atoms with van der Waals surface area (Å²) in [5.41, 5.74) is 5.60. The molecular formula is C30H21FN2O. The van der Waals surface area contributed by atoms with Crippen molar-refractivity contribution in [2.45, 2.75) is 0 Å². The summed E-state index contributed by atoms with van der Waals surface area (Å²) in [5, 5.41) is 4.65. The van der Waals surface area contributed by atoms with E-state index in [1.807, 2.05) is 78.9 Å². The fourth-order valence-corrected chi connectivity index (χ4v) is 3.80. The maximum Gasteiger partial charge on any atom is 0.189 e. The topological polar surface area (TPSA) is 34.9 Å².